The highest BCUT2D eigenvalue weighted by Gasteiger charge is 2.45. The van der Waals surface area contributed by atoms with Crippen LogP contribution in [0.15, 0.2) is 23.0 Å². The highest BCUT2D eigenvalue weighted by Crippen LogP contribution is 2.39. The summed E-state index contributed by atoms with van der Waals surface area (Å²) in [4.78, 5) is 17.0. The summed E-state index contributed by atoms with van der Waals surface area (Å²) in [5.74, 6) is 0.236. The van der Waals surface area contributed by atoms with E-state index in [0.29, 0.717) is 0 Å². The zero-order chi connectivity index (χ0) is 15.7. The Morgan fingerprint density at radius 3 is 2.65 bits per heavy atom. The van der Waals surface area contributed by atoms with Crippen LogP contribution in [0, 0.1) is 0 Å². The highest BCUT2D eigenvalue weighted by atomic mass is 16.5. The molecule has 3 saturated heterocycles. The van der Waals surface area contributed by atoms with Gasteiger partial charge >= 0.3 is 0 Å². The van der Waals surface area contributed by atoms with Crippen molar-refractivity contribution in [2.45, 2.75) is 56.8 Å². The Bertz CT molecular complexity index is 528. The lowest BCUT2D eigenvalue weighted by atomic mass is 9.88. The number of nitrogens with zero attached hydrogens (tertiary/aromatic N) is 2. The van der Waals surface area contributed by atoms with E-state index < -0.39 is 0 Å². The molecule has 126 valence electrons. The molecule has 4 heterocycles. The molecule has 23 heavy (non-hydrogen) atoms. The minimum Gasteiger partial charge on any atom is -0.472 e. The van der Waals surface area contributed by atoms with Gasteiger partial charge in [-0.3, -0.25) is 9.69 Å². The molecule has 0 radical (unpaired) electrons. The number of likely N-dealkylation sites (tertiary alicyclic amines) is 2. The minimum atomic E-state index is -0.187. The molecule has 0 unspecified atom stereocenters. The Morgan fingerprint density at radius 1 is 1.17 bits per heavy atom. The lowest BCUT2D eigenvalue weighted by Crippen LogP contribution is -2.45. The third kappa shape index (κ3) is 3.17. The van der Waals surface area contributed by atoms with E-state index >= 15 is 0 Å². The maximum atomic E-state index is 12.5. The van der Waals surface area contributed by atoms with Crippen LogP contribution in [0.5, 0.6) is 0 Å². The van der Waals surface area contributed by atoms with E-state index in [4.69, 9.17) is 9.15 Å². The fourth-order valence-electron chi connectivity index (χ4n) is 4.26. The molecule has 1 spiro atoms. The summed E-state index contributed by atoms with van der Waals surface area (Å²) in [6.45, 7) is 4.86. The van der Waals surface area contributed by atoms with Crippen molar-refractivity contribution in [1.82, 2.24) is 9.80 Å². The second-order valence-corrected chi connectivity index (χ2v) is 7.27. The molecule has 0 bridgehead atoms. The van der Waals surface area contributed by atoms with Crippen LogP contribution < -0.4 is 0 Å². The van der Waals surface area contributed by atoms with Gasteiger partial charge < -0.3 is 14.1 Å². The van der Waals surface area contributed by atoms with Gasteiger partial charge in [-0.15, -0.1) is 0 Å². The van der Waals surface area contributed by atoms with E-state index in [9.17, 15) is 4.79 Å². The van der Waals surface area contributed by atoms with Crippen LogP contribution in [0.25, 0.3) is 0 Å². The molecule has 1 amide bonds. The van der Waals surface area contributed by atoms with Crippen LogP contribution in [-0.4, -0.2) is 53.6 Å². The smallest absolute Gasteiger partial charge is 0.251 e. The number of carbonyl (C=O) groups excluding carboxylic acids is 1. The second kappa shape index (κ2) is 6.29. The zero-order valence-corrected chi connectivity index (χ0v) is 13.7. The fraction of sp³-hybridized carbons (Fsp3) is 0.722. The van der Waals surface area contributed by atoms with Gasteiger partial charge in [-0.1, -0.05) is 0 Å². The molecule has 0 aromatic carbocycles. The van der Waals surface area contributed by atoms with Crippen LogP contribution >= 0.6 is 0 Å². The van der Waals surface area contributed by atoms with E-state index in [0.717, 1.165) is 71.2 Å². The lowest BCUT2D eigenvalue weighted by Gasteiger charge is -2.39. The van der Waals surface area contributed by atoms with Crippen molar-refractivity contribution in [3.63, 3.8) is 0 Å². The number of hydrogen-bond donors (Lipinski definition) is 0. The summed E-state index contributed by atoms with van der Waals surface area (Å²) in [5, 5.41) is 0. The first-order valence-corrected chi connectivity index (χ1v) is 8.94. The summed E-state index contributed by atoms with van der Waals surface area (Å²) in [6.07, 6.45) is 9.67. The van der Waals surface area contributed by atoms with E-state index in [-0.39, 0.29) is 17.6 Å². The highest BCUT2D eigenvalue weighted by molar-refractivity contribution is 5.81. The van der Waals surface area contributed by atoms with Crippen LogP contribution in [0.4, 0.5) is 0 Å². The van der Waals surface area contributed by atoms with E-state index in [1.165, 1.54) is 5.56 Å². The van der Waals surface area contributed by atoms with Gasteiger partial charge in [0.15, 0.2) is 0 Å². The zero-order valence-electron chi connectivity index (χ0n) is 13.7. The number of ether oxygens (including phenoxy) is 1. The number of hydrogen-bond acceptors (Lipinski definition) is 4. The van der Waals surface area contributed by atoms with Crippen molar-refractivity contribution in [3.05, 3.63) is 24.2 Å². The Labute approximate surface area is 137 Å². The van der Waals surface area contributed by atoms with Crippen molar-refractivity contribution in [1.29, 1.82) is 0 Å². The van der Waals surface area contributed by atoms with Gasteiger partial charge in [-0.25, -0.2) is 0 Å². The summed E-state index contributed by atoms with van der Waals surface area (Å²) in [5.41, 5.74) is 1.18. The molecule has 3 aliphatic heterocycles. The molecular weight excluding hydrogens is 292 g/mol. The molecule has 1 aromatic rings. The van der Waals surface area contributed by atoms with Crippen molar-refractivity contribution in [2.24, 2.45) is 0 Å². The number of carbonyl (C=O) groups is 1. The number of rotatable bonds is 3. The maximum Gasteiger partial charge on any atom is 0.251 e. The van der Waals surface area contributed by atoms with Gasteiger partial charge in [-0.2, -0.15) is 0 Å². The predicted octanol–water partition coefficient (Wildman–Crippen LogP) is 2.42. The minimum absolute atomic E-state index is 0.0487. The Hall–Kier alpha value is -1.33. The standard InChI is InChI=1S/C18H26N2O3/c21-17(20-8-1-2-9-20)16-3-5-18(23-16)6-10-19(11-7-18)13-15-4-12-22-14-15/h4,12,14,16H,1-3,5-11,13H2/t16-/m0/s1. The monoisotopic (exact) mass is 318 g/mol. The van der Waals surface area contributed by atoms with E-state index in [1.807, 2.05) is 17.2 Å². The summed E-state index contributed by atoms with van der Waals surface area (Å²) in [6, 6.07) is 2.03. The maximum absolute atomic E-state index is 12.5. The average Bonchev–Trinajstić information content (AvgIpc) is 3.31. The molecule has 4 rings (SSSR count). The van der Waals surface area contributed by atoms with Crippen LogP contribution in [0.2, 0.25) is 0 Å². The first kappa shape index (κ1) is 15.2. The Kier molecular flexibility index (Phi) is 4.16. The molecule has 0 saturated carbocycles. The molecule has 5 nitrogen and oxygen atoms in total. The quantitative estimate of drug-likeness (QED) is 0.858. The van der Waals surface area contributed by atoms with Crippen molar-refractivity contribution >= 4 is 5.91 Å². The summed E-state index contributed by atoms with van der Waals surface area (Å²) >= 11 is 0. The van der Waals surface area contributed by atoms with Gasteiger partial charge in [0.25, 0.3) is 5.91 Å². The number of amides is 1. The first-order chi connectivity index (χ1) is 11.2. The topological polar surface area (TPSA) is 45.9 Å². The van der Waals surface area contributed by atoms with Crippen LogP contribution in [0.3, 0.4) is 0 Å². The van der Waals surface area contributed by atoms with Gasteiger partial charge in [0.2, 0.25) is 0 Å². The van der Waals surface area contributed by atoms with E-state index in [1.54, 1.807) is 6.26 Å². The third-order valence-corrected chi connectivity index (χ3v) is 5.70. The molecule has 5 heteroatoms. The molecule has 1 atom stereocenters. The first-order valence-electron chi connectivity index (χ1n) is 8.94. The molecule has 0 N–H and O–H groups in total. The molecule has 0 aliphatic carbocycles. The van der Waals surface area contributed by atoms with Gasteiger partial charge in [-0.05, 0) is 44.6 Å². The van der Waals surface area contributed by atoms with Crippen molar-refractivity contribution < 1.29 is 13.9 Å². The Balaban J connectivity index is 1.30. The average molecular weight is 318 g/mol. The van der Waals surface area contributed by atoms with Gasteiger partial charge in [0.1, 0.15) is 6.10 Å². The summed E-state index contributed by atoms with van der Waals surface area (Å²) < 4.78 is 11.5. The van der Waals surface area contributed by atoms with Crippen molar-refractivity contribution in [2.75, 3.05) is 26.2 Å². The van der Waals surface area contributed by atoms with Crippen molar-refractivity contribution in [3.8, 4) is 0 Å². The summed E-state index contributed by atoms with van der Waals surface area (Å²) in [7, 11) is 0. The molecular formula is C18H26N2O3. The predicted molar refractivity (Wildman–Crippen MR) is 85.9 cm³/mol. The van der Waals surface area contributed by atoms with Gasteiger partial charge in [0.05, 0.1) is 18.1 Å². The Morgan fingerprint density at radius 2 is 1.96 bits per heavy atom. The number of furan rings is 1. The largest absolute Gasteiger partial charge is 0.472 e. The number of piperidine rings is 1. The second-order valence-electron chi connectivity index (χ2n) is 7.27. The SMILES string of the molecule is O=C([C@@H]1CCC2(CCN(Cc3ccoc3)CC2)O1)N1CCCC1. The van der Waals surface area contributed by atoms with Gasteiger partial charge in [0, 0.05) is 38.3 Å². The van der Waals surface area contributed by atoms with Crippen LogP contribution in [0.1, 0.15) is 44.1 Å². The van der Waals surface area contributed by atoms with E-state index in [2.05, 4.69) is 4.90 Å². The molecule has 3 fully saturated rings. The molecule has 3 aliphatic rings. The fourth-order valence-corrected chi connectivity index (χ4v) is 4.26. The third-order valence-electron chi connectivity index (χ3n) is 5.70. The van der Waals surface area contributed by atoms with Crippen LogP contribution in [-0.2, 0) is 16.1 Å². The molecule has 1 aromatic heterocycles. The normalized spacial score (nSPS) is 27.8. The lowest BCUT2D eigenvalue weighted by molar-refractivity contribution is -0.150.